The van der Waals surface area contributed by atoms with Gasteiger partial charge in [0.15, 0.2) is 12.0 Å². The number of carbonyl (C=O) groups is 1. The molecule has 0 radical (unpaired) electrons. The Kier molecular flexibility index (Phi) is 5.77. The first kappa shape index (κ1) is 19.7. The van der Waals surface area contributed by atoms with E-state index in [0.29, 0.717) is 19.4 Å². The van der Waals surface area contributed by atoms with E-state index in [1.807, 2.05) is 6.92 Å². The smallest absolute Gasteiger partial charge is 0.351 e. The fourth-order valence-corrected chi connectivity index (χ4v) is 2.93. The molecule has 1 saturated carbocycles. The summed E-state index contributed by atoms with van der Waals surface area (Å²) in [7, 11) is 0. The molecule has 4 N–H and O–H groups in total. The largest absolute Gasteiger partial charge is 0.462 e. The van der Waals surface area contributed by atoms with Gasteiger partial charge in [0.25, 0.3) is 0 Å². The summed E-state index contributed by atoms with van der Waals surface area (Å²) in [6.07, 6.45) is -2.36. The molecule has 0 unspecified atom stereocenters. The van der Waals surface area contributed by atoms with Crippen LogP contribution in [0, 0.1) is 5.41 Å². The van der Waals surface area contributed by atoms with Crippen molar-refractivity contribution >= 4 is 11.8 Å². The molecule has 0 amide bonds. The van der Waals surface area contributed by atoms with E-state index in [4.69, 9.17) is 19.4 Å². The second kappa shape index (κ2) is 7.90. The van der Waals surface area contributed by atoms with E-state index in [-0.39, 0.29) is 19.0 Å². The summed E-state index contributed by atoms with van der Waals surface area (Å²) in [5.74, 6) is -0.499. The first-order chi connectivity index (χ1) is 12.9. The molecule has 2 fully saturated rings. The Morgan fingerprint density at radius 1 is 1.44 bits per heavy atom. The number of rotatable bonds is 8. The minimum atomic E-state index is -1.42. The van der Waals surface area contributed by atoms with Gasteiger partial charge in [-0.25, -0.2) is 4.79 Å². The summed E-state index contributed by atoms with van der Waals surface area (Å²) in [4.78, 5) is 27.8. The first-order valence-corrected chi connectivity index (χ1v) is 8.68. The van der Waals surface area contributed by atoms with Crippen LogP contribution >= 0.6 is 0 Å². The van der Waals surface area contributed by atoms with E-state index in [1.165, 1.54) is 12.3 Å². The van der Waals surface area contributed by atoms with Crippen molar-refractivity contribution < 1.29 is 34.4 Å². The number of nitrogens with zero attached hydrogens (tertiary/aromatic N) is 2. The summed E-state index contributed by atoms with van der Waals surface area (Å²) in [6.45, 7) is 2.36. The standard InChI is InChI=1S/C16H23N3O8/c1-2-25-8-16(4-5-16)14(22)26-7-9-11(20)12(21)13(27-9)19-6-3-10(18-24)17-15(19)23/h3,6,9,11-13,20-21,24H,2,4-5,7-8H2,1H3,(H,17,18,23)/t9-,11-,12-,13-/m1/s1. The lowest BCUT2D eigenvalue weighted by Crippen LogP contribution is -2.37. The van der Waals surface area contributed by atoms with Crippen LogP contribution in [-0.4, -0.2) is 69.1 Å². The highest BCUT2D eigenvalue weighted by molar-refractivity contribution is 5.80. The van der Waals surface area contributed by atoms with Crippen LogP contribution in [0.4, 0.5) is 5.82 Å². The number of ether oxygens (including phenoxy) is 3. The molecule has 3 rings (SSSR count). The van der Waals surface area contributed by atoms with Crippen molar-refractivity contribution in [2.45, 2.75) is 44.3 Å². The topological polar surface area (TPSA) is 152 Å². The Balaban J connectivity index is 1.62. The van der Waals surface area contributed by atoms with E-state index >= 15 is 0 Å². The van der Waals surface area contributed by atoms with Gasteiger partial charge < -0.3 is 24.4 Å². The monoisotopic (exact) mass is 385 g/mol. The molecule has 1 aromatic heterocycles. The first-order valence-electron chi connectivity index (χ1n) is 8.68. The molecule has 4 atom stereocenters. The number of anilines is 1. The zero-order valence-electron chi connectivity index (χ0n) is 14.8. The van der Waals surface area contributed by atoms with Crippen LogP contribution in [0.2, 0.25) is 0 Å². The number of aliphatic hydroxyl groups excluding tert-OH is 2. The van der Waals surface area contributed by atoms with Crippen LogP contribution in [-0.2, 0) is 19.0 Å². The van der Waals surface area contributed by atoms with Gasteiger partial charge in [-0.3, -0.25) is 20.0 Å². The molecule has 27 heavy (non-hydrogen) atoms. The zero-order valence-corrected chi connectivity index (χ0v) is 14.8. The number of nitrogens with one attached hydrogen (secondary N) is 1. The Hall–Kier alpha value is -2.05. The lowest BCUT2D eigenvalue weighted by atomic mass is 10.1. The molecular weight excluding hydrogens is 362 g/mol. The number of aliphatic hydroxyl groups is 2. The fraction of sp³-hybridized carbons (Fsp3) is 0.688. The van der Waals surface area contributed by atoms with Gasteiger partial charge >= 0.3 is 11.7 Å². The molecule has 0 aromatic carbocycles. The van der Waals surface area contributed by atoms with Crippen molar-refractivity contribution in [1.82, 2.24) is 9.55 Å². The van der Waals surface area contributed by atoms with Gasteiger partial charge in [0.1, 0.15) is 24.9 Å². The maximum absolute atomic E-state index is 12.3. The van der Waals surface area contributed by atoms with Crippen molar-refractivity contribution in [2.24, 2.45) is 5.41 Å². The minimum Gasteiger partial charge on any atom is -0.462 e. The summed E-state index contributed by atoms with van der Waals surface area (Å²) in [6, 6.07) is 1.29. The molecule has 2 heterocycles. The highest BCUT2D eigenvalue weighted by Gasteiger charge is 2.52. The normalized spacial score (nSPS) is 28.7. The summed E-state index contributed by atoms with van der Waals surface area (Å²) < 4.78 is 17.1. The molecule has 150 valence electrons. The van der Waals surface area contributed by atoms with Crippen LogP contribution in [0.15, 0.2) is 17.1 Å². The Morgan fingerprint density at radius 3 is 2.78 bits per heavy atom. The number of aromatic nitrogens is 2. The Morgan fingerprint density at radius 2 is 2.19 bits per heavy atom. The molecule has 11 heteroatoms. The van der Waals surface area contributed by atoms with E-state index in [0.717, 1.165) is 4.57 Å². The molecule has 0 bridgehead atoms. The predicted molar refractivity (Wildman–Crippen MR) is 88.9 cm³/mol. The van der Waals surface area contributed by atoms with Gasteiger partial charge in [0.05, 0.1) is 12.0 Å². The van der Waals surface area contributed by atoms with Crippen molar-refractivity contribution in [3.05, 3.63) is 22.7 Å². The van der Waals surface area contributed by atoms with Gasteiger partial charge in [-0.2, -0.15) is 4.98 Å². The third-order valence-corrected chi connectivity index (χ3v) is 4.80. The Labute approximate surface area is 154 Å². The van der Waals surface area contributed by atoms with Gasteiger partial charge in [-0.05, 0) is 25.8 Å². The average molecular weight is 385 g/mol. The molecule has 1 aromatic rings. The minimum absolute atomic E-state index is 0.0706. The van der Waals surface area contributed by atoms with Gasteiger partial charge in [-0.1, -0.05) is 0 Å². The molecule has 11 nitrogen and oxygen atoms in total. The highest BCUT2D eigenvalue weighted by atomic mass is 16.6. The lowest BCUT2D eigenvalue weighted by Gasteiger charge is -2.18. The van der Waals surface area contributed by atoms with Gasteiger partial charge in [0.2, 0.25) is 0 Å². The van der Waals surface area contributed by atoms with Gasteiger partial charge in [0, 0.05) is 12.8 Å². The molecule has 1 aliphatic carbocycles. The highest BCUT2D eigenvalue weighted by Crippen LogP contribution is 2.47. The van der Waals surface area contributed by atoms with E-state index < -0.39 is 41.6 Å². The molecule has 1 aliphatic heterocycles. The summed E-state index contributed by atoms with van der Waals surface area (Å²) in [5, 5.41) is 29.1. The van der Waals surface area contributed by atoms with Crippen molar-refractivity contribution in [3.8, 4) is 0 Å². The molecular formula is C16H23N3O8. The third kappa shape index (κ3) is 3.96. The van der Waals surface area contributed by atoms with Gasteiger partial charge in [-0.15, -0.1) is 0 Å². The maximum Gasteiger partial charge on any atom is 0.351 e. The number of carbonyl (C=O) groups excluding carboxylic acids is 1. The van der Waals surface area contributed by atoms with Crippen LogP contribution in [0.5, 0.6) is 0 Å². The van der Waals surface area contributed by atoms with Crippen molar-refractivity contribution in [1.29, 1.82) is 0 Å². The predicted octanol–water partition coefficient (Wildman–Crippen LogP) is -0.976. The third-order valence-electron chi connectivity index (χ3n) is 4.80. The molecule has 0 spiro atoms. The van der Waals surface area contributed by atoms with Crippen LogP contribution in [0.3, 0.4) is 0 Å². The van der Waals surface area contributed by atoms with E-state index in [2.05, 4.69) is 4.98 Å². The van der Waals surface area contributed by atoms with E-state index in [9.17, 15) is 19.8 Å². The summed E-state index contributed by atoms with van der Waals surface area (Å²) in [5.41, 5.74) is 0.309. The van der Waals surface area contributed by atoms with Crippen LogP contribution in [0.1, 0.15) is 26.0 Å². The fourth-order valence-electron chi connectivity index (χ4n) is 2.93. The van der Waals surface area contributed by atoms with Crippen LogP contribution in [0.25, 0.3) is 0 Å². The number of hydrogen-bond donors (Lipinski definition) is 4. The zero-order chi connectivity index (χ0) is 19.6. The van der Waals surface area contributed by atoms with Crippen LogP contribution < -0.4 is 11.2 Å². The quantitative estimate of drug-likeness (QED) is 0.324. The molecule has 2 aliphatic rings. The summed E-state index contributed by atoms with van der Waals surface area (Å²) >= 11 is 0. The van der Waals surface area contributed by atoms with E-state index in [1.54, 1.807) is 5.48 Å². The number of esters is 1. The average Bonchev–Trinajstić information content (AvgIpc) is 3.41. The molecule has 1 saturated heterocycles. The van der Waals surface area contributed by atoms with Crippen molar-refractivity contribution in [2.75, 3.05) is 25.3 Å². The second-order valence-corrected chi connectivity index (χ2v) is 6.68. The number of hydrogen-bond acceptors (Lipinski definition) is 10. The van der Waals surface area contributed by atoms with Crippen molar-refractivity contribution in [3.63, 3.8) is 0 Å². The maximum atomic E-state index is 12.3. The lowest BCUT2D eigenvalue weighted by molar-refractivity contribution is -0.159. The second-order valence-electron chi connectivity index (χ2n) is 6.68. The Bertz CT molecular complexity index is 735. The SMILES string of the molecule is CCOCC1(C(=O)OC[C@H]2O[C@@H](n3ccc(NO)nc3=O)[C@H](O)[C@@H]2O)CC1.